The number of rotatable bonds is 3. The highest BCUT2D eigenvalue weighted by Gasteiger charge is 2.05. The monoisotopic (exact) mass is 222 g/mol. The molecule has 1 aromatic carbocycles. The Morgan fingerprint density at radius 3 is 2.67 bits per heavy atom. The quantitative estimate of drug-likeness (QED) is 0.743. The average molecular weight is 222 g/mol. The largest absolute Gasteiger partial charge is 0.444 e. The molecule has 0 radical (unpaired) electrons. The molecule has 0 saturated carbocycles. The van der Waals surface area contributed by atoms with Gasteiger partial charge in [0, 0.05) is 0 Å². The zero-order chi connectivity index (χ0) is 10.7. The summed E-state index contributed by atoms with van der Waals surface area (Å²) in [5, 5.41) is 0.502. The van der Waals surface area contributed by atoms with Gasteiger partial charge >= 0.3 is 0 Å². The van der Waals surface area contributed by atoms with E-state index in [9.17, 15) is 9.18 Å². The van der Waals surface area contributed by atoms with Crippen LogP contribution in [0.15, 0.2) is 36.4 Å². The molecule has 2 nitrogen and oxygen atoms in total. The van der Waals surface area contributed by atoms with Crippen LogP contribution >= 0.6 is 11.3 Å². The highest BCUT2D eigenvalue weighted by molar-refractivity contribution is 7.15. The van der Waals surface area contributed by atoms with E-state index in [2.05, 4.69) is 0 Å². The molecule has 0 fully saturated rings. The van der Waals surface area contributed by atoms with Crippen molar-refractivity contribution in [1.29, 1.82) is 0 Å². The van der Waals surface area contributed by atoms with E-state index < -0.39 is 5.82 Å². The Kier molecular flexibility index (Phi) is 2.78. The van der Waals surface area contributed by atoms with Crippen LogP contribution in [-0.2, 0) is 0 Å². The molecule has 0 atom stereocenters. The lowest BCUT2D eigenvalue weighted by molar-refractivity contribution is 0.112. The molecule has 0 amide bonds. The van der Waals surface area contributed by atoms with Crippen molar-refractivity contribution >= 4 is 17.6 Å². The molecule has 0 aliphatic heterocycles. The lowest BCUT2D eigenvalue weighted by Crippen LogP contribution is -1.84. The minimum Gasteiger partial charge on any atom is -0.444 e. The van der Waals surface area contributed by atoms with Gasteiger partial charge in [-0.1, -0.05) is 23.5 Å². The van der Waals surface area contributed by atoms with Gasteiger partial charge in [-0.25, -0.2) is 4.39 Å². The maximum absolute atomic E-state index is 13.2. The number of carbonyl (C=O) groups is 1. The Balaban J connectivity index is 2.22. The number of thiophene rings is 1. The van der Waals surface area contributed by atoms with Crippen molar-refractivity contribution in [2.45, 2.75) is 0 Å². The van der Waals surface area contributed by atoms with E-state index in [0.29, 0.717) is 9.94 Å². The Morgan fingerprint density at radius 2 is 2.00 bits per heavy atom. The van der Waals surface area contributed by atoms with Crippen LogP contribution < -0.4 is 4.74 Å². The third-order valence-corrected chi connectivity index (χ3v) is 2.65. The standard InChI is InChI=1S/C11H7FO2S/c12-9-3-1-2-4-10(9)14-11-6-5-8(7-13)15-11/h1-7H. The minimum absolute atomic E-state index is 0.164. The van der Waals surface area contributed by atoms with Crippen LogP contribution in [0.1, 0.15) is 9.67 Å². The van der Waals surface area contributed by atoms with Crippen LogP contribution in [0.2, 0.25) is 0 Å². The molecule has 4 heteroatoms. The van der Waals surface area contributed by atoms with E-state index in [0.717, 1.165) is 6.29 Å². The van der Waals surface area contributed by atoms with Crippen molar-refractivity contribution in [2.24, 2.45) is 0 Å². The molecule has 0 N–H and O–H groups in total. The smallest absolute Gasteiger partial charge is 0.181 e. The molecule has 15 heavy (non-hydrogen) atoms. The van der Waals surface area contributed by atoms with Crippen molar-refractivity contribution in [2.75, 3.05) is 0 Å². The van der Waals surface area contributed by atoms with Crippen LogP contribution in [-0.4, -0.2) is 6.29 Å². The first-order valence-corrected chi connectivity index (χ1v) is 5.08. The van der Waals surface area contributed by atoms with Crippen molar-refractivity contribution in [3.63, 3.8) is 0 Å². The number of para-hydroxylation sites is 1. The summed E-state index contributed by atoms with van der Waals surface area (Å²) < 4.78 is 18.5. The number of benzene rings is 1. The van der Waals surface area contributed by atoms with Crippen molar-refractivity contribution in [3.8, 4) is 10.8 Å². The maximum Gasteiger partial charge on any atom is 0.181 e. The molecule has 76 valence electrons. The van der Waals surface area contributed by atoms with Crippen LogP contribution in [0.4, 0.5) is 4.39 Å². The van der Waals surface area contributed by atoms with Gasteiger partial charge in [0.25, 0.3) is 0 Å². The normalized spacial score (nSPS) is 9.93. The summed E-state index contributed by atoms with van der Waals surface area (Å²) in [4.78, 5) is 11.0. The highest BCUT2D eigenvalue weighted by Crippen LogP contribution is 2.29. The second-order valence-electron chi connectivity index (χ2n) is 2.81. The summed E-state index contributed by atoms with van der Waals surface area (Å²) in [7, 11) is 0. The first-order chi connectivity index (χ1) is 7.29. The molecular formula is C11H7FO2S. The molecule has 1 heterocycles. The van der Waals surface area contributed by atoms with Crippen molar-refractivity contribution < 1.29 is 13.9 Å². The second kappa shape index (κ2) is 4.23. The van der Waals surface area contributed by atoms with E-state index in [1.54, 1.807) is 24.3 Å². The molecule has 0 unspecified atom stereocenters. The van der Waals surface area contributed by atoms with Gasteiger partial charge in [0.05, 0.1) is 4.88 Å². The Bertz CT molecular complexity index is 479. The van der Waals surface area contributed by atoms with Crippen LogP contribution in [0.25, 0.3) is 0 Å². The summed E-state index contributed by atoms with van der Waals surface area (Å²) >= 11 is 1.18. The van der Waals surface area contributed by atoms with Gasteiger partial charge in [-0.2, -0.15) is 0 Å². The SMILES string of the molecule is O=Cc1ccc(Oc2ccccc2F)s1. The molecule has 0 saturated heterocycles. The number of ether oxygens (including phenoxy) is 1. The number of carbonyl (C=O) groups excluding carboxylic acids is 1. The average Bonchev–Trinajstić information content (AvgIpc) is 2.69. The summed E-state index contributed by atoms with van der Waals surface area (Å²) in [6.45, 7) is 0. The minimum atomic E-state index is -0.418. The summed E-state index contributed by atoms with van der Waals surface area (Å²) in [5.74, 6) is -0.254. The number of hydrogen-bond donors (Lipinski definition) is 0. The predicted molar refractivity (Wildman–Crippen MR) is 56.2 cm³/mol. The third kappa shape index (κ3) is 2.22. The van der Waals surface area contributed by atoms with Gasteiger partial charge in [0.2, 0.25) is 0 Å². The Hall–Kier alpha value is -1.68. The number of hydrogen-bond acceptors (Lipinski definition) is 3. The predicted octanol–water partition coefficient (Wildman–Crippen LogP) is 3.49. The highest BCUT2D eigenvalue weighted by atomic mass is 32.1. The van der Waals surface area contributed by atoms with Gasteiger partial charge in [0.1, 0.15) is 0 Å². The first kappa shape index (κ1) is 9.86. The van der Waals surface area contributed by atoms with Crippen LogP contribution in [0.3, 0.4) is 0 Å². The van der Waals surface area contributed by atoms with Gasteiger partial charge in [0.15, 0.2) is 22.9 Å². The number of halogens is 1. The third-order valence-electron chi connectivity index (χ3n) is 1.77. The fourth-order valence-electron chi connectivity index (χ4n) is 1.09. The van der Waals surface area contributed by atoms with Gasteiger partial charge < -0.3 is 4.74 Å². The van der Waals surface area contributed by atoms with Gasteiger partial charge in [-0.15, -0.1) is 0 Å². The summed E-state index contributed by atoms with van der Waals surface area (Å²) in [6, 6.07) is 9.41. The Labute approximate surface area is 89.9 Å². The van der Waals surface area contributed by atoms with Gasteiger partial charge in [-0.3, -0.25) is 4.79 Å². The van der Waals surface area contributed by atoms with E-state index in [-0.39, 0.29) is 5.75 Å². The summed E-state index contributed by atoms with van der Waals surface area (Å²) in [5.41, 5.74) is 0. The van der Waals surface area contributed by atoms with E-state index in [1.165, 1.54) is 23.5 Å². The van der Waals surface area contributed by atoms with Crippen LogP contribution in [0, 0.1) is 5.82 Å². The molecule has 0 bridgehead atoms. The molecule has 0 aliphatic carbocycles. The molecule has 1 aromatic heterocycles. The van der Waals surface area contributed by atoms with E-state index in [4.69, 9.17) is 4.74 Å². The number of aldehydes is 1. The molecule has 0 spiro atoms. The van der Waals surface area contributed by atoms with Crippen molar-refractivity contribution in [1.82, 2.24) is 0 Å². The Morgan fingerprint density at radius 1 is 1.20 bits per heavy atom. The van der Waals surface area contributed by atoms with E-state index >= 15 is 0 Å². The zero-order valence-electron chi connectivity index (χ0n) is 7.64. The lowest BCUT2D eigenvalue weighted by atomic mass is 10.3. The fourth-order valence-corrected chi connectivity index (χ4v) is 1.77. The molecule has 2 rings (SSSR count). The van der Waals surface area contributed by atoms with Gasteiger partial charge in [-0.05, 0) is 24.3 Å². The van der Waals surface area contributed by atoms with E-state index in [1.807, 2.05) is 0 Å². The van der Waals surface area contributed by atoms with Crippen LogP contribution in [0.5, 0.6) is 10.8 Å². The summed E-state index contributed by atoms with van der Waals surface area (Å²) in [6.07, 6.45) is 0.735. The second-order valence-corrected chi connectivity index (χ2v) is 3.89. The molecular weight excluding hydrogens is 215 g/mol. The topological polar surface area (TPSA) is 26.3 Å². The van der Waals surface area contributed by atoms with Crippen molar-refractivity contribution in [3.05, 3.63) is 47.1 Å². The first-order valence-electron chi connectivity index (χ1n) is 4.27. The maximum atomic E-state index is 13.2. The zero-order valence-corrected chi connectivity index (χ0v) is 8.46. The molecule has 0 aliphatic rings. The fraction of sp³-hybridized carbons (Fsp3) is 0. The lowest BCUT2D eigenvalue weighted by Gasteiger charge is -2.02. The molecule has 2 aromatic rings.